The fraction of sp³-hybridized carbons (Fsp3) is 0.647. The van der Waals surface area contributed by atoms with Crippen molar-refractivity contribution in [3.05, 3.63) is 34.6 Å². The van der Waals surface area contributed by atoms with Crippen LogP contribution >= 0.6 is 11.6 Å². The van der Waals surface area contributed by atoms with Gasteiger partial charge >= 0.3 is 0 Å². The van der Waals surface area contributed by atoms with Crippen LogP contribution in [0.25, 0.3) is 0 Å². The molecule has 0 spiro atoms. The van der Waals surface area contributed by atoms with Crippen LogP contribution in [0, 0.1) is 23.6 Å². The number of hydrogen-bond donors (Lipinski definition) is 1. The van der Waals surface area contributed by atoms with Crippen LogP contribution in [0.2, 0.25) is 5.02 Å². The predicted octanol–water partition coefficient (Wildman–Crippen LogP) is 4.54. The van der Waals surface area contributed by atoms with Crippen LogP contribution < -0.4 is 5.32 Å². The summed E-state index contributed by atoms with van der Waals surface area (Å²) in [6, 6.07) is 5.07. The predicted molar refractivity (Wildman–Crippen MR) is 79.2 cm³/mol. The summed E-state index contributed by atoms with van der Waals surface area (Å²) in [5.74, 6) is 2.52. The number of rotatable bonds is 3. The molecule has 1 aromatic carbocycles. The minimum absolute atomic E-state index is 0.231. The Morgan fingerprint density at radius 3 is 2.25 bits per heavy atom. The highest BCUT2D eigenvalue weighted by atomic mass is 35.5. The van der Waals surface area contributed by atoms with Gasteiger partial charge in [0.2, 0.25) is 0 Å². The van der Waals surface area contributed by atoms with Crippen molar-refractivity contribution in [3.63, 3.8) is 0 Å². The quantitative estimate of drug-likeness (QED) is 0.863. The Labute approximate surface area is 124 Å². The Morgan fingerprint density at radius 2 is 1.70 bits per heavy atom. The van der Waals surface area contributed by atoms with E-state index in [-0.39, 0.29) is 10.8 Å². The lowest BCUT2D eigenvalue weighted by molar-refractivity contribution is -0.0206. The molecule has 1 aromatic rings. The van der Waals surface area contributed by atoms with Crippen LogP contribution in [0.5, 0.6) is 0 Å². The van der Waals surface area contributed by atoms with Crippen molar-refractivity contribution in [2.24, 2.45) is 17.8 Å². The standard InChI is InChI=1S/C17H21ClFN/c18-15-6-11(1-2-16(15)19)10-20-17-7-12-3-13(8-17)5-14(4-12)9-17/h1-2,6,12-14,20H,3-5,7-10H2. The molecular formula is C17H21ClFN. The normalized spacial score (nSPS) is 38.4. The summed E-state index contributed by atoms with van der Waals surface area (Å²) in [5, 5.41) is 4.04. The number of benzene rings is 1. The molecule has 0 unspecified atom stereocenters. The molecule has 108 valence electrons. The van der Waals surface area contributed by atoms with E-state index in [1.165, 1.54) is 44.6 Å². The largest absolute Gasteiger partial charge is 0.307 e. The van der Waals surface area contributed by atoms with E-state index in [0.29, 0.717) is 5.54 Å². The average molecular weight is 294 g/mol. The summed E-state index contributed by atoms with van der Waals surface area (Å²) in [4.78, 5) is 0. The first-order valence-electron chi connectivity index (χ1n) is 7.81. The minimum atomic E-state index is -0.328. The molecule has 0 aromatic heterocycles. The summed E-state index contributed by atoms with van der Waals surface area (Å²) < 4.78 is 13.2. The molecule has 1 nitrogen and oxygen atoms in total. The Hall–Kier alpha value is -0.600. The van der Waals surface area contributed by atoms with Crippen molar-refractivity contribution >= 4 is 11.6 Å². The van der Waals surface area contributed by atoms with Crippen LogP contribution in [-0.2, 0) is 6.54 Å². The number of nitrogens with one attached hydrogen (secondary N) is 1. The van der Waals surface area contributed by atoms with Crippen molar-refractivity contribution in [1.82, 2.24) is 5.32 Å². The molecule has 5 rings (SSSR count). The van der Waals surface area contributed by atoms with Crippen molar-refractivity contribution in [2.45, 2.75) is 50.6 Å². The Balaban J connectivity index is 1.47. The van der Waals surface area contributed by atoms with Crippen molar-refractivity contribution < 1.29 is 4.39 Å². The molecule has 4 aliphatic carbocycles. The Bertz CT molecular complexity index is 492. The Morgan fingerprint density at radius 1 is 1.10 bits per heavy atom. The second kappa shape index (κ2) is 4.71. The van der Waals surface area contributed by atoms with Crippen molar-refractivity contribution in [2.75, 3.05) is 0 Å². The van der Waals surface area contributed by atoms with Gasteiger partial charge in [0.1, 0.15) is 5.82 Å². The van der Waals surface area contributed by atoms with E-state index in [0.717, 1.165) is 29.9 Å². The van der Waals surface area contributed by atoms with Gasteiger partial charge in [-0.05, 0) is 74.0 Å². The van der Waals surface area contributed by atoms with E-state index in [9.17, 15) is 4.39 Å². The zero-order chi connectivity index (χ0) is 13.7. The lowest BCUT2D eigenvalue weighted by atomic mass is 9.53. The lowest BCUT2D eigenvalue weighted by Gasteiger charge is -2.57. The molecular weight excluding hydrogens is 273 g/mol. The van der Waals surface area contributed by atoms with Gasteiger partial charge in [-0.25, -0.2) is 4.39 Å². The van der Waals surface area contributed by atoms with Crippen LogP contribution in [-0.4, -0.2) is 5.54 Å². The summed E-state index contributed by atoms with van der Waals surface area (Å²) in [5.41, 5.74) is 1.45. The minimum Gasteiger partial charge on any atom is -0.307 e. The second-order valence-electron chi connectivity index (χ2n) is 7.30. The molecule has 20 heavy (non-hydrogen) atoms. The van der Waals surface area contributed by atoms with E-state index in [1.807, 2.05) is 6.07 Å². The zero-order valence-corrected chi connectivity index (χ0v) is 12.4. The monoisotopic (exact) mass is 293 g/mol. The van der Waals surface area contributed by atoms with Gasteiger partial charge in [0.25, 0.3) is 0 Å². The highest BCUT2D eigenvalue weighted by Crippen LogP contribution is 2.55. The molecule has 0 heterocycles. The third-order valence-corrected chi connectivity index (χ3v) is 5.98. The van der Waals surface area contributed by atoms with Gasteiger partial charge in [0.15, 0.2) is 0 Å². The van der Waals surface area contributed by atoms with Gasteiger partial charge in [-0.2, -0.15) is 0 Å². The molecule has 1 N–H and O–H groups in total. The first kappa shape index (κ1) is 13.1. The van der Waals surface area contributed by atoms with Gasteiger partial charge in [-0.1, -0.05) is 17.7 Å². The van der Waals surface area contributed by atoms with Gasteiger partial charge in [0.05, 0.1) is 5.02 Å². The highest BCUT2D eigenvalue weighted by molar-refractivity contribution is 6.30. The maximum Gasteiger partial charge on any atom is 0.141 e. The molecule has 0 aliphatic heterocycles. The topological polar surface area (TPSA) is 12.0 Å². The third kappa shape index (κ3) is 2.27. The molecule has 0 saturated heterocycles. The third-order valence-electron chi connectivity index (χ3n) is 5.69. The lowest BCUT2D eigenvalue weighted by Crippen LogP contribution is -2.58. The molecule has 0 amide bonds. The van der Waals surface area contributed by atoms with Gasteiger partial charge in [-0.3, -0.25) is 0 Å². The molecule has 4 saturated carbocycles. The molecule has 0 radical (unpaired) electrons. The summed E-state index contributed by atoms with van der Waals surface area (Å²) >= 11 is 5.87. The summed E-state index contributed by atoms with van der Waals surface area (Å²) in [7, 11) is 0. The van der Waals surface area contributed by atoms with Crippen molar-refractivity contribution in [3.8, 4) is 0 Å². The maximum absolute atomic E-state index is 13.2. The SMILES string of the molecule is Fc1ccc(CNC23CC4CC(CC(C4)C2)C3)cc1Cl. The molecule has 3 heteroatoms. The molecule has 4 bridgehead atoms. The van der Waals surface area contributed by atoms with E-state index in [4.69, 9.17) is 11.6 Å². The van der Waals surface area contributed by atoms with Crippen LogP contribution in [0.1, 0.15) is 44.1 Å². The Kier molecular flexibility index (Phi) is 3.08. The average Bonchev–Trinajstić information content (AvgIpc) is 2.39. The second-order valence-corrected chi connectivity index (χ2v) is 7.71. The number of halogens is 2. The van der Waals surface area contributed by atoms with E-state index < -0.39 is 0 Å². The summed E-state index contributed by atoms with van der Waals surface area (Å²) in [6.07, 6.45) is 8.41. The highest BCUT2D eigenvalue weighted by Gasteiger charge is 2.50. The summed E-state index contributed by atoms with van der Waals surface area (Å²) in [6.45, 7) is 0.812. The maximum atomic E-state index is 13.2. The molecule has 4 aliphatic rings. The van der Waals surface area contributed by atoms with Gasteiger partial charge in [0, 0.05) is 12.1 Å². The van der Waals surface area contributed by atoms with Crippen LogP contribution in [0.4, 0.5) is 4.39 Å². The van der Waals surface area contributed by atoms with Crippen molar-refractivity contribution in [1.29, 1.82) is 0 Å². The molecule has 4 fully saturated rings. The van der Waals surface area contributed by atoms with E-state index >= 15 is 0 Å². The number of hydrogen-bond acceptors (Lipinski definition) is 1. The van der Waals surface area contributed by atoms with E-state index in [1.54, 1.807) is 6.07 Å². The van der Waals surface area contributed by atoms with Gasteiger partial charge < -0.3 is 5.32 Å². The first-order valence-corrected chi connectivity index (χ1v) is 8.19. The fourth-order valence-electron chi connectivity index (χ4n) is 5.27. The first-order chi connectivity index (χ1) is 9.62. The van der Waals surface area contributed by atoms with Gasteiger partial charge in [-0.15, -0.1) is 0 Å². The smallest absolute Gasteiger partial charge is 0.141 e. The zero-order valence-electron chi connectivity index (χ0n) is 11.7. The van der Waals surface area contributed by atoms with Crippen LogP contribution in [0.15, 0.2) is 18.2 Å². The van der Waals surface area contributed by atoms with E-state index in [2.05, 4.69) is 5.32 Å². The van der Waals surface area contributed by atoms with Crippen LogP contribution in [0.3, 0.4) is 0 Å². The fourth-order valence-corrected chi connectivity index (χ4v) is 5.47. The molecule has 0 atom stereocenters.